The summed E-state index contributed by atoms with van der Waals surface area (Å²) in [5, 5.41) is 0. The molecule has 2 N–H and O–H groups in total. The number of carbonyl (C=O) groups is 3. The summed E-state index contributed by atoms with van der Waals surface area (Å²) in [5.41, 5.74) is 6.53. The summed E-state index contributed by atoms with van der Waals surface area (Å²) < 4.78 is 29.2. The van der Waals surface area contributed by atoms with Crippen LogP contribution in [0.25, 0.3) is 22.7 Å². The summed E-state index contributed by atoms with van der Waals surface area (Å²) in [4.78, 5) is 47.9. The van der Waals surface area contributed by atoms with Crippen molar-refractivity contribution in [1.29, 1.82) is 0 Å². The molecule has 1 fully saturated rings. The molecule has 0 spiro atoms. The van der Waals surface area contributed by atoms with E-state index in [1.54, 1.807) is 12.1 Å². The van der Waals surface area contributed by atoms with Crippen LogP contribution in [-0.4, -0.2) is 62.3 Å². The number of nitrogens with two attached hydrogens (primary N) is 1. The fourth-order valence-electron chi connectivity index (χ4n) is 3.65. The van der Waals surface area contributed by atoms with Crippen LogP contribution in [0.5, 0.6) is 0 Å². The first kappa shape index (κ1) is 22.2. The fraction of sp³-hybridized carbons (Fsp3) is 0.400. The van der Waals surface area contributed by atoms with E-state index in [1.165, 1.54) is 37.9 Å². The van der Waals surface area contributed by atoms with Gasteiger partial charge in [-0.05, 0) is 12.1 Å². The molecule has 3 aromatic rings. The van der Waals surface area contributed by atoms with E-state index in [1.807, 2.05) is 0 Å². The van der Waals surface area contributed by atoms with E-state index in [0.717, 1.165) is 0 Å². The van der Waals surface area contributed by atoms with Crippen LogP contribution in [0.2, 0.25) is 0 Å². The second-order valence-electron chi connectivity index (χ2n) is 7.23. The molecule has 4 rings (SSSR count). The zero-order valence-electron chi connectivity index (χ0n) is 18.0. The van der Waals surface area contributed by atoms with Gasteiger partial charge in [-0.3, -0.25) is 19.0 Å². The van der Waals surface area contributed by atoms with Crippen molar-refractivity contribution >= 4 is 34.9 Å². The smallest absolute Gasteiger partial charge is 0.303 e. The topological polar surface area (TPSA) is 171 Å². The molecular weight excluding hydrogens is 438 g/mol. The van der Waals surface area contributed by atoms with Crippen molar-refractivity contribution in [3.63, 3.8) is 0 Å². The minimum absolute atomic E-state index is 0.113. The number of nitrogens with zero attached hydrogens (tertiary/aromatic N) is 4. The number of rotatable bonds is 6. The van der Waals surface area contributed by atoms with E-state index < -0.39 is 42.4 Å². The maximum absolute atomic E-state index is 12.0. The third kappa shape index (κ3) is 4.35. The van der Waals surface area contributed by atoms with Gasteiger partial charge in [0.25, 0.3) is 0 Å². The van der Waals surface area contributed by atoms with Crippen molar-refractivity contribution in [2.75, 3.05) is 12.3 Å². The molecule has 0 bridgehead atoms. The predicted molar refractivity (Wildman–Crippen MR) is 109 cm³/mol. The van der Waals surface area contributed by atoms with Crippen LogP contribution in [0.1, 0.15) is 27.0 Å². The number of furan rings is 1. The van der Waals surface area contributed by atoms with E-state index in [4.69, 9.17) is 29.1 Å². The zero-order valence-corrected chi connectivity index (χ0v) is 18.0. The van der Waals surface area contributed by atoms with Crippen molar-refractivity contribution in [1.82, 2.24) is 19.5 Å². The number of nitrogen functional groups attached to an aromatic ring is 1. The molecule has 0 amide bonds. The molecule has 0 radical (unpaired) electrons. The van der Waals surface area contributed by atoms with Crippen LogP contribution in [0.3, 0.4) is 0 Å². The van der Waals surface area contributed by atoms with E-state index in [0.29, 0.717) is 5.76 Å². The van der Waals surface area contributed by atoms with E-state index in [2.05, 4.69) is 15.0 Å². The summed E-state index contributed by atoms with van der Waals surface area (Å²) >= 11 is 0. The first-order valence-electron chi connectivity index (χ1n) is 9.91. The lowest BCUT2D eigenvalue weighted by atomic mass is 10.1. The Balaban J connectivity index is 1.87. The minimum atomic E-state index is -1.13. The number of ether oxygens (including phenoxy) is 4. The minimum Gasteiger partial charge on any atom is -0.463 e. The normalized spacial score (nSPS) is 22.3. The number of fused-ring (bicyclic) bond motifs is 1. The van der Waals surface area contributed by atoms with Gasteiger partial charge in [0.05, 0.1) is 6.26 Å². The van der Waals surface area contributed by atoms with Crippen LogP contribution in [0, 0.1) is 0 Å². The van der Waals surface area contributed by atoms with E-state index >= 15 is 0 Å². The Kier molecular flexibility index (Phi) is 5.96. The van der Waals surface area contributed by atoms with Crippen molar-refractivity contribution in [2.24, 2.45) is 0 Å². The van der Waals surface area contributed by atoms with Gasteiger partial charge in [0.2, 0.25) is 0 Å². The van der Waals surface area contributed by atoms with Crippen molar-refractivity contribution in [3.8, 4) is 11.6 Å². The summed E-state index contributed by atoms with van der Waals surface area (Å²) in [6, 6.07) is 3.33. The maximum Gasteiger partial charge on any atom is 0.303 e. The van der Waals surface area contributed by atoms with Crippen molar-refractivity contribution in [2.45, 2.75) is 45.3 Å². The highest BCUT2D eigenvalue weighted by atomic mass is 16.7. The molecule has 0 aliphatic carbocycles. The van der Waals surface area contributed by atoms with Crippen molar-refractivity contribution in [3.05, 3.63) is 24.7 Å². The fourth-order valence-corrected chi connectivity index (χ4v) is 3.65. The lowest BCUT2D eigenvalue weighted by molar-refractivity contribution is -0.166. The molecule has 1 saturated heterocycles. The molecule has 0 saturated carbocycles. The second-order valence-corrected chi connectivity index (χ2v) is 7.23. The Morgan fingerprint density at radius 3 is 2.45 bits per heavy atom. The number of aromatic nitrogens is 4. The summed E-state index contributed by atoms with van der Waals surface area (Å²) in [7, 11) is 0. The van der Waals surface area contributed by atoms with Crippen LogP contribution in [0.4, 0.5) is 5.82 Å². The molecule has 4 atom stereocenters. The number of carbonyl (C=O) groups excluding carboxylic acids is 3. The molecule has 0 aromatic carbocycles. The van der Waals surface area contributed by atoms with Gasteiger partial charge in [0.15, 0.2) is 47.0 Å². The molecule has 2 unspecified atom stereocenters. The lowest BCUT2D eigenvalue weighted by Gasteiger charge is -2.24. The second kappa shape index (κ2) is 8.86. The Bertz CT molecular complexity index is 1190. The van der Waals surface area contributed by atoms with Crippen LogP contribution in [0.15, 0.2) is 29.1 Å². The number of imidazole rings is 1. The summed E-state index contributed by atoms with van der Waals surface area (Å²) in [6.45, 7) is 3.40. The van der Waals surface area contributed by atoms with Gasteiger partial charge in [-0.2, -0.15) is 0 Å². The third-order valence-corrected chi connectivity index (χ3v) is 4.84. The average Bonchev–Trinajstić information content (AvgIpc) is 3.45. The highest BCUT2D eigenvalue weighted by molar-refractivity contribution is 5.84. The first-order chi connectivity index (χ1) is 15.8. The number of hydrogen-bond donors (Lipinski definition) is 1. The number of anilines is 1. The van der Waals surface area contributed by atoms with Crippen molar-refractivity contribution < 1.29 is 37.7 Å². The molecule has 1 aliphatic heterocycles. The standard InChI is InChI=1S/C20H21N5O8/c1-9(26)30-7-13-15(31-10(2)27)16(32-11(3)28)20(33-13)25-18(12-5-4-6-29-12)24-14-17(21)22-8-23-19(14)25/h4-6,8,13,15-16,20H,7H2,1-3H3,(H2,21,22,23)/t13-,15?,16?,20-/m1/s1. The lowest BCUT2D eigenvalue weighted by Crippen LogP contribution is -2.40. The molecule has 33 heavy (non-hydrogen) atoms. The van der Waals surface area contributed by atoms with Gasteiger partial charge in [0, 0.05) is 20.8 Å². The monoisotopic (exact) mass is 459 g/mol. The third-order valence-electron chi connectivity index (χ3n) is 4.84. The van der Waals surface area contributed by atoms with Gasteiger partial charge >= 0.3 is 17.9 Å². The molecule has 13 nitrogen and oxygen atoms in total. The summed E-state index contributed by atoms with van der Waals surface area (Å²) in [6.07, 6.45) is -1.55. The van der Waals surface area contributed by atoms with Gasteiger partial charge in [0.1, 0.15) is 19.0 Å². The van der Waals surface area contributed by atoms with E-state index in [-0.39, 0.29) is 29.4 Å². The molecule has 4 heterocycles. The number of esters is 3. The molecular formula is C20H21N5O8. The highest BCUT2D eigenvalue weighted by Crippen LogP contribution is 2.39. The predicted octanol–water partition coefficient (Wildman–Crippen LogP) is 0.992. The van der Waals surface area contributed by atoms with Crippen LogP contribution in [-0.2, 0) is 33.3 Å². The quantitative estimate of drug-likeness (QED) is 0.410. The maximum atomic E-state index is 12.0. The van der Waals surface area contributed by atoms with E-state index in [9.17, 15) is 14.4 Å². The highest BCUT2D eigenvalue weighted by Gasteiger charge is 2.51. The number of hydrogen-bond acceptors (Lipinski definition) is 12. The molecule has 1 aliphatic rings. The van der Waals surface area contributed by atoms with Crippen LogP contribution >= 0.6 is 0 Å². The van der Waals surface area contributed by atoms with Gasteiger partial charge in [-0.15, -0.1) is 0 Å². The molecule has 3 aromatic heterocycles. The zero-order chi connectivity index (χ0) is 23.7. The largest absolute Gasteiger partial charge is 0.463 e. The SMILES string of the molecule is CC(=O)OC[C@H]1O[C@@H](n2c(-c3ccco3)nc3c(N)ncnc32)C(OC(C)=O)C1OC(C)=O. The average molecular weight is 459 g/mol. The Hall–Kier alpha value is -4.00. The summed E-state index contributed by atoms with van der Waals surface area (Å²) in [5.74, 6) is -1.11. The molecule has 174 valence electrons. The van der Waals surface area contributed by atoms with Gasteiger partial charge in [-0.25, -0.2) is 15.0 Å². The molecule has 13 heteroatoms. The van der Waals surface area contributed by atoms with Gasteiger partial charge < -0.3 is 29.1 Å². The van der Waals surface area contributed by atoms with Crippen LogP contribution < -0.4 is 5.73 Å². The Labute approximate surface area is 186 Å². The Morgan fingerprint density at radius 1 is 1.09 bits per heavy atom. The van der Waals surface area contributed by atoms with Gasteiger partial charge in [-0.1, -0.05) is 0 Å². The Morgan fingerprint density at radius 2 is 1.82 bits per heavy atom. The first-order valence-corrected chi connectivity index (χ1v) is 9.91.